The smallest absolute Gasteiger partial charge is 0.252 e. The first-order chi connectivity index (χ1) is 15.8. The minimum atomic E-state index is -3.67. The number of nitrogens with one attached hydrogen (secondary N) is 1. The van der Waals surface area contributed by atoms with Crippen LogP contribution >= 0.6 is 11.6 Å². The maximum Gasteiger partial charge on any atom is 0.252 e. The molecule has 1 aliphatic rings. The second-order valence-corrected chi connectivity index (χ2v) is 10.7. The van der Waals surface area contributed by atoms with Crippen LogP contribution in [0.5, 0.6) is 5.75 Å². The van der Waals surface area contributed by atoms with Crippen molar-refractivity contribution in [1.82, 2.24) is 9.62 Å². The summed E-state index contributed by atoms with van der Waals surface area (Å²) in [5, 5.41) is 5.16. The number of benzene rings is 3. The van der Waals surface area contributed by atoms with E-state index < -0.39 is 15.9 Å². The highest BCUT2D eigenvalue weighted by Crippen LogP contribution is 2.26. The van der Waals surface area contributed by atoms with E-state index in [2.05, 4.69) is 12.2 Å². The number of halogens is 1. The molecule has 33 heavy (non-hydrogen) atoms. The fourth-order valence-corrected chi connectivity index (χ4v) is 5.60. The van der Waals surface area contributed by atoms with Gasteiger partial charge in [-0.2, -0.15) is 4.31 Å². The molecule has 0 aliphatic carbocycles. The van der Waals surface area contributed by atoms with Gasteiger partial charge in [0.15, 0.2) is 0 Å². The van der Waals surface area contributed by atoms with E-state index in [0.717, 1.165) is 23.6 Å². The summed E-state index contributed by atoms with van der Waals surface area (Å²) in [5.74, 6) is 0.788. The molecule has 0 unspecified atom stereocenters. The standard InChI is InChI=1S/C25H27ClN2O4S/c1-18-10-13-28(14-11-18)33(30,31)22-8-9-24(26)23(17-22)25(29)27-12-15-32-21-7-6-19-4-2-3-5-20(19)16-21/h2-9,16-18H,10-15H2,1H3,(H,27,29). The number of carbonyl (C=O) groups is 1. The SMILES string of the molecule is CC1CCN(S(=O)(=O)c2ccc(Cl)c(C(=O)NCCOc3ccc4ccccc4c3)c2)CC1. The van der Waals surface area contributed by atoms with Gasteiger partial charge in [-0.25, -0.2) is 8.42 Å². The highest BCUT2D eigenvalue weighted by molar-refractivity contribution is 7.89. The minimum Gasteiger partial charge on any atom is -0.492 e. The molecule has 0 bridgehead atoms. The highest BCUT2D eigenvalue weighted by Gasteiger charge is 2.29. The number of piperidine rings is 1. The molecule has 1 fully saturated rings. The summed E-state index contributed by atoms with van der Waals surface area (Å²) in [6.07, 6.45) is 1.66. The van der Waals surface area contributed by atoms with Gasteiger partial charge in [0.25, 0.3) is 5.91 Å². The van der Waals surface area contributed by atoms with Gasteiger partial charge in [-0.1, -0.05) is 48.9 Å². The number of fused-ring (bicyclic) bond motifs is 1. The van der Waals surface area contributed by atoms with E-state index in [9.17, 15) is 13.2 Å². The van der Waals surface area contributed by atoms with E-state index in [0.29, 0.717) is 24.8 Å². The van der Waals surface area contributed by atoms with Crippen LogP contribution in [0.4, 0.5) is 0 Å². The van der Waals surface area contributed by atoms with Gasteiger partial charge in [-0.3, -0.25) is 4.79 Å². The molecule has 8 heteroatoms. The molecule has 1 heterocycles. The lowest BCUT2D eigenvalue weighted by Gasteiger charge is -2.29. The number of hydrogen-bond acceptors (Lipinski definition) is 4. The normalized spacial score (nSPS) is 15.5. The van der Waals surface area contributed by atoms with E-state index in [4.69, 9.17) is 16.3 Å². The van der Waals surface area contributed by atoms with Crippen LogP contribution < -0.4 is 10.1 Å². The second kappa shape index (κ2) is 10.1. The predicted molar refractivity (Wildman–Crippen MR) is 130 cm³/mol. The molecule has 0 saturated carbocycles. The van der Waals surface area contributed by atoms with Gasteiger partial charge in [0.2, 0.25) is 10.0 Å². The fourth-order valence-electron chi connectivity index (χ4n) is 3.90. The van der Waals surface area contributed by atoms with Crippen molar-refractivity contribution in [3.63, 3.8) is 0 Å². The summed E-state index contributed by atoms with van der Waals surface area (Å²) in [6, 6.07) is 18.1. The molecule has 1 aliphatic heterocycles. The Kier molecular flexibility index (Phi) is 7.22. The van der Waals surface area contributed by atoms with Crippen LogP contribution in [0, 0.1) is 5.92 Å². The Morgan fingerprint density at radius 1 is 1.06 bits per heavy atom. The molecule has 3 aromatic rings. The quantitative estimate of drug-likeness (QED) is 0.490. The zero-order chi connectivity index (χ0) is 23.4. The van der Waals surface area contributed by atoms with Gasteiger partial charge in [0.1, 0.15) is 12.4 Å². The highest BCUT2D eigenvalue weighted by atomic mass is 35.5. The van der Waals surface area contributed by atoms with Crippen molar-refractivity contribution in [3.05, 3.63) is 71.2 Å². The third kappa shape index (κ3) is 5.49. The first-order valence-corrected chi connectivity index (χ1v) is 12.9. The van der Waals surface area contributed by atoms with Crippen LogP contribution in [0.3, 0.4) is 0 Å². The van der Waals surface area contributed by atoms with E-state index in [1.165, 1.54) is 22.5 Å². The summed E-state index contributed by atoms with van der Waals surface area (Å²) in [5.41, 5.74) is 0.133. The maximum atomic E-state index is 13.0. The molecule has 1 N–H and O–H groups in total. The van der Waals surface area contributed by atoms with E-state index in [1.807, 2.05) is 42.5 Å². The van der Waals surface area contributed by atoms with Crippen molar-refractivity contribution in [1.29, 1.82) is 0 Å². The first-order valence-electron chi connectivity index (χ1n) is 11.0. The number of amides is 1. The van der Waals surface area contributed by atoms with Crippen molar-refractivity contribution in [2.24, 2.45) is 5.92 Å². The summed E-state index contributed by atoms with van der Waals surface area (Å²) >= 11 is 6.21. The van der Waals surface area contributed by atoms with Crippen LogP contribution in [0.1, 0.15) is 30.1 Å². The Labute approximate surface area is 199 Å². The predicted octanol–water partition coefficient (Wildman–Crippen LogP) is 4.72. The molecular weight excluding hydrogens is 460 g/mol. The monoisotopic (exact) mass is 486 g/mol. The van der Waals surface area contributed by atoms with E-state index >= 15 is 0 Å². The van der Waals surface area contributed by atoms with Crippen molar-refractivity contribution in [3.8, 4) is 5.75 Å². The van der Waals surface area contributed by atoms with Gasteiger partial charge >= 0.3 is 0 Å². The van der Waals surface area contributed by atoms with Crippen LogP contribution in [-0.2, 0) is 10.0 Å². The lowest BCUT2D eigenvalue weighted by atomic mass is 10.0. The Balaban J connectivity index is 1.37. The van der Waals surface area contributed by atoms with Crippen molar-refractivity contribution in [2.75, 3.05) is 26.2 Å². The molecule has 0 radical (unpaired) electrons. The molecule has 4 rings (SSSR count). The average molecular weight is 487 g/mol. The summed E-state index contributed by atoms with van der Waals surface area (Å²) in [7, 11) is -3.67. The van der Waals surface area contributed by atoms with Gasteiger partial charge in [-0.15, -0.1) is 0 Å². The molecule has 3 aromatic carbocycles. The number of ether oxygens (including phenoxy) is 1. The molecule has 174 valence electrons. The Morgan fingerprint density at radius 3 is 2.55 bits per heavy atom. The Bertz CT molecular complexity index is 1250. The number of nitrogens with zero attached hydrogens (tertiary/aromatic N) is 1. The third-order valence-corrected chi connectivity index (χ3v) is 8.16. The fraction of sp³-hybridized carbons (Fsp3) is 0.320. The third-order valence-electron chi connectivity index (χ3n) is 5.94. The largest absolute Gasteiger partial charge is 0.492 e. The van der Waals surface area contributed by atoms with Gasteiger partial charge in [0, 0.05) is 13.1 Å². The topological polar surface area (TPSA) is 75.7 Å². The van der Waals surface area contributed by atoms with E-state index in [1.54, 1.807) is 0 Å². The second-order valence-electron chi connectivity index (χ2n) is 8.34. The van der Waals surface area contributed by atoms with Crippen LogP contribution in [0.15, 0.2) is 65.6 Å². The average Bonchev–Trinajstić information content (AvgIpc) is 2.82. The Morgan fingerprint density at radius 2 is 1.79 bits per heavy atom. The number of sulfonamides is 1. The molecule has 6 nitrogen and oxygen atoms in total. The number of hydrogen-bond donors (Lipinski definition) is 1. The molecule has 1 saturated heterocycles. The number of rotatable bonds is 7. The molecule has 0 aromatic heterocycles. The maximum absolute atomic E-state index is 13.0. The summed E-state index contributed by atoms with van der Waals surface area (Å²) < 4.78 is 33.3. The van der Waals surface area contributed by atoms with Crippen molar-refractivity contribution < 1.29 is 17.9 Å². The van der Waals surface area contributed by atoms with Crippen LogP contribution in [0.25, 0.3) is 10.8 Å². The summed E-state index contributed by atoms with van der Waals surface area (Å²) in [4.78, 5) is 12.8. The molecule has 0 atom stereocenters. The zero-order valence-electron chi connectivity index (χ0n) is 18.5. The van der Waals surface area contributed by atoms with Gasteiger partial charge in [0.05, 0.1) is 22.0 Å². The first kappa shape index (κ1) is 23.5. The van der Waals surface area contributed by atoms with Gasteiger partial charge < -0.3 is 10.1 Å². The van der Waals surface area contributed by atoms with Crippen LogP contribution in [0.2, 0.25) is 5.02 Å². The van der Waals surface area contributed by atoms with Crippen LogP contribution in [-0.4, -0.2) is 44.9 Å². The zero-order valence-corrected chi connectivity index (χ0v) is 20.0. The van der Waals surface area contributed by atoms with E-state index in [-0.39, 0.29) is 28.6 Å². The summed E-state index contributed by atoms with van der Waals surface area (Å²) in [6.45, 7) is 3.62. The molecule has 0 spiro atoms. The lowest BCUT2D eigenvalue weighted by molar-refractivity contribution is 0.0947. The van der Waals surface area contributed by atoms with Gasteiger partial charge in [-0.05, 0) is 59.9 Å². The Hall–Kier alpha value is -2.61. The van der Waals surface area contributed by atoms with Crippen molar-refractivity contribution in [2.45, 2.75) is 24.7 Å². The lowest BCUT2D eigenvalue weighted by Crippen LogP contribution is -2.38. The number of carbonyl (C=O) groups excluding carboxylic acids is 1. The molecular formula is C25H27ClN2O4S. The van der Waals surface area contributed by atoms with Crippen molar-refractivity contribution >= 4 is 38.3 Å². The molecule has 1 amide bonds. The minimum absolute atomic E-state index is 0.0824.